The van der Waals surface area contributed by atoms with E-state index >= 15 is 0 Å². The predicted molar refractivity (Wildman–Crippen MR) is 69.2 cm³/mol. The molecule has 0 aromatic heterocycles. The highest BCUT2D eigenvalue weighted by Gasteiger charge is 2.29. The van der Waals surface area contributed by atoms with Gasteiger partial charge in [-0.1, -0.05) is 38.1 Å². The van der Waals surface area contributed by atoms with Gasteiger partial charge in [-0.25, -0.2) is 0 Å². The normalized spacial score (nSPS) is 19.5. The SMILES string of the molecule is CC(C)c1ccc(CC2(O)CCOCC2)cc1. The summed E-state index contributed by atoms with van der Waals surface area (Å²) in [4.78, 5) is 0. The van der Waals surface area contributed by atoms with E-state index in [9.17, 15) is 5.11 Å². The summed E-state index contributed by atoms with van der Waals surface area (Å²) in [6.07, 6.45) is 2.24. The van der Waals surface area contributed by atoms with Crippen LogP contribution in [-0.2, 0) is 11.2 Å². The largest absolute Gasteiger partial charge is 0.389 e. The van der Waals surface area contributed by atoms with E-state index in [0.29, 0.717) is 19.1 Å². The van der Waals surface area contributed by atoms with E-state index in [-0.39, 0.29) is 0 Å². The van der Waals surface area contributed by atoms with Crippen molar-refractivity contribution in [3.05, 3.63) is 35.4 Å². The van der Waals surface area contributed by atoms with Gasteiger partial charge in [-0.3, -0.25) is 0 Å². The quantitative estimate of drug-likeness (QED) is 0.871. The molecule has 1 fully saturated rings. The van der Waals surface area contributed by atoms with Crippen molar-refractivity contribution in [2.75, 3.05) is 13.2 Å². The van der Waals surface area contributed by atoms with Crippen LogP contribution in [0.3, 0.4) is 0 Å². The lowest BCUT2D eigenvalue weighted by Crippen LogP contribution is -2.38. The van der Waals surface area contributed by atoms with Gasteiger partial charge in [0.15, 0.2) is 0 Å². The molecule has 0 atom stereocenters. The average molecular weight is 234 g/mol. The standard InChI is InChI=1S/C15H22O2/c1-12(2)14-5-3-13(4-6-14)11-15(16)7-9-17-10-8-15/h3-6,12,16H,7-11H2,1-2H3. The third-order valence-corrected chi connectivity index (χ3v) is 3.60. The molecule has 1 aliphatic heterocycles. The molecule has 0 aliphatic carbocycles. The highest BCUT2D eigenvalue weighted by Crippen LogP contribution is 2.25. The molecule has 1 N–H and O–H groups in total. The molecule has 0 spiro atoms. The van der Waals surface area contributed by atoms with Gasteiger partial charge in [0, 0.05) is 19.6 Å². The van der Waals surface area contributed by atoms with Crippen molar-refractivity contribution in [1.82, 2.24) is 0 Å². The van der Waals surface area contributed by atoms with E-state index < -0.39 is 5.60 Å². The van der Waals surface area contributed by atoms with Crippen LogP contribution in [0, 0.1) is 0 Å². The van der Waals surface area contributed by atoms with Crippen LogP contribution in [0.4, 0.5) is 0 Å². The molecule has 1 aromatic carbocycles. The monoisotopic (exact) mass is 234 g/mol. The van der Waals surface area contributed by atoms with Crippen LogP contribution in [0.15, 0.2) is 24.3 Å². The molecule has 1 heterocycles. The van der Waals surface area contributed by atoms with E-state index in [1.54, 1.807) is 0 Å². The van der Waals surface area contributed by atoms with Crippen molar-refractivity contribution in [1.29, 1.82) is 0 Å². The molecular weight excluding hydrogens is 212 g/mol. The second-order valence-electron chi connectivity index (χ2n) is 5.41. The maximum atomic E-state index is 10.4. The van der Waals surface area contributed by atoms with E-state index in [1.165, 1.54) is 11.1 Å². The lowest BCUT2D eigenvalue weighted by atomic mass is 9.87. The maximum Gasteiger partial charge on any atom is 0.0731 e. The number of aliphatic hydroxyl groups is 1. The molecule has 1 aliphatic rings. The second kappa shape index (κ2) is 5.19. The first-order chi connectivity index (χ1) is 8.09. The van der Waals surface area contributed by atoms with Crippen molar-refractivity contribution in [3.8, 4) is 0 Å². The molecule has 0 saturated carbocycles. The molecule has 2 rings (SSSR count). The minimum Gasteiger partial charge on any atom is -0.389 e. The van der Waals surface area contributed by atoms with Crippen molar-refractivity contribution in [2.24, 2.45) is 0 Å². The van der Waals surface area contributed by atoms with Crippen LogP contribution in [0.5, 0.6) is 0 Å². The average Bonchev–Trinajstić information content (AvgIpc) is 2.30. The lowest BCUT2D eigenvalue weighted by molar-refractivity contribution is -0.0625. The smallest absolute Gasteiger partial charge is 0.0731 e. The van der Waals surface area contributed by atoms with Crippen molar-refractivity contribution >= 4 is 0 Å². The summed E-state index contributed by atoms with van der Waals surface area (Å²) in [6.45, 7) is 5.75. The fraction of sp³-hybridized carbons (Fsp3) is 0.600. The minimum absolute atomic E-state index is 0.558. The summed E-state index contributed by atoms with van der Waals surface area (Å²) in [5.41, 5.74) is 2.02. The summed E-state index contributed by atoms with van der Waals surface area (Å²) in [7, 11) is 0. The summed E-state index contributed by atoms with van der Waals surface area (Å²) in [5, 5.41) is 10.4. The topological polar surface area (TPSA) is 29.5 Å². The number of rotatable bonds is 3. The van der Waals surface area contributed by atoms with Crippen LogP contribution in [0.2, 0.25) is 0 Å². The first-order valence-electron chi connectivity index (χ1n) is 6.48. The second-order valence-corrected chi connectivity index (χ2v) is 5.41. The third kappa shape index (κ3) is 3.30. The van der Waals surface area contributed by atoms with Gasteiger partial charge in [0.05, 0.1) is 5.60 Å². The van der Waals surface area contributed by atoms with Gasteiger partial charge in [0.1, 0.15) is 0 Å². The van der Waals surface area contributed by atoms with Gasteiger partial charge in [-0.2, -0.15) is 0 Å². The summed E-state index contributed by atoms with van der Waals surface area (Å²) in [6, 6.07) is 8.62. The molecule has 0 bridgehead atoms. The highest BCUT2D eigenvalue weighted by molar-refractivity contribution is 5.25. The molecule has 0 radical (unpaired) electrons. The number of hydrogen-bond donors (Lipinski definition) is 1. The molecule has 0 unspecified atom stereocenters. The molecule has 94 valence electrons. The number of ether oxygens (including phenoxy) is 1. The molecule has 0 amide bonds. The Balaban J connectivity index is 2.03. The van der Waals surface area contributed by atoms with Crippen LogP contribution < -0.4 is 0 Å². The van der Waals surface area contributed by atoms with E-state index in [4.69, 9.17) is 4.74 Å². The van der Waals surface area contributed by atoms with Crippen LogP contribution in [0.25, 0.3) is 0 Å². The van der Waals surface area contributed by atoms with Gasteiger partial charge in [0.25, 0.3) is 0 Å². The lowest BCUT2D eigenvalue weighted by Gasteiger charge is -2.32. The first kappa shape index (κ1) is 12.6. The molecule has 1 aromatic rings. The van der Waals surface area contributed by atoms with E-state index in [0.717, 1.165) is 19.3 Å². The molecule has 2 heteroatoms. The predicted octanol–water partition coefficient (Wildman–Crippen LogP) is 2.89. The molecule has 2 nitrogen and oxygen atoms in total. The maximum absolute atomic E-state index is 10.4. The van der Waals surface area contributed by atoms with Crippen LogP contribution >= 0.6 is 0 Å². The van der Waals surface area contributed by atoms with Crippen molar-refractivity contribution < 1.29 is 9.84 Å². The Morgan fingerprint density at radius 1 is 1.18 bits per heavy atom. The van der Waals surface area contributed by atoms with Crippen molar-refractivity contribution in [2.45, 2.75) is 44.6 Å². The fourth-order valence-corrected chi connectivity index (χ4v) is 2.33. The van der Waals surface area contributed by atoms with Crippen molar-refractivity contribution in [3.63, 3.8) is 0 Å². The Labute approximate surface area is 104 Å². The highest BCUT2D eigenvalue weighted by atomic mass is 16.5. The van der Waals surface area contributed by atoms with Gasteiger partial charge in [-0.15, -0.1) is 0 Å². The van der Waals surface area contributed by atoms with Gasteiger partial charge >= 0.3 is 0 Å². The Morgan fingerprint density at radius 3 is 2.29 bits per heavy atom. The van der Waals surface area contributed by atoms with E-state index in [1.807, 2.05) is 0 Å². The Bertz CT molecular complexity index is 348. The summed E-state index contributed by atoms with van der Waals surface area (Å²) >= 11 is 0. The zero-order chi connectivity index (χ0) is 12.3. The summed E-state index contributed by atoms with van der Waals surface area (Å²) in [5.74, 6) is 0.565. The van der Waals surface area contributed by atoms with Gasteiger partial charge < -0.3 is 9.84 Å². The fourth-order valence-electron chi connectivity index (χ4n) is 2.33. The Kier molecular flexibility index (Phi) is 3.85. The third-order valence-electron chi connectivity index (χ3n) is 3.60. The Morgan fingerprint density at radius 2 is 1.76 bits per heavy atom. The molecule has 1 saturated heterocycles. The number of benzene rings is 1. The zero-order valence-electron chi connectivity index (χ0n) is 10.8. The zero-order valence-corrected chi connectivity index (χ0v) is 10.8. The van der Waals surface area contributed by atoms with E-state index in [2.05, 4.69) is 38.1 Å². The number of hydrogen-bond acceptors (Lipinski definition) is 2. The first-order valence-corrected chi connectivity index (χ1v) is 6.48. The van der Waals surface area contributed by atoms with Gasteiger partial charge in [0.2, 0.25) is 0 Å². The summed E-state index contributed by atoms with van der Waals surface area (Å²) < 4.78 is 5.29. The minimum atomic E-state index is -0.558. The van der Waals surface area contributed by atoms with Gasteiger partial charge in [-0.05, 0) is 29.9 Å². The van der Waals surface area contributed by atoms with Crippen LogP contribution in [0.1, 0.15) is 43.7 Å². The van der Waals surface area contributed by atoms with Crippen LogP contribution in [-0.4, -0.2) is 23.9 Å². The molecule has 17 heavy (non-hydrogen) atoms. The Hall–Kier alpha value is -0.860. The molecular formula is C15H22O2.